The van der Waals surface area contributed by atoms with E-state index >= 15 is 0 Å². The molecule has 0 unspecified atom stereocenters. The summed E-state index contributed by atoms with van der Waals surface area (Å²) in [5.41, 5.74) is 8.06. The minimum atomic E-state index is 0.381. The van der Waals surface area contributed by atoms with Gasteiger partial charge in [-0.15, -0.1) is 0 Å². The molecule has 0 saturated heterocycles. The summed E-state index contributed by atoms with van der Waals surface area (Å²) in [4.78, 5) is 0. The van der Waals surface area contributed by atoms with E-state index in [1.165, 1.54) is 22.3 Å². The van der Waals surface area contributed by atoms with E-state index in [-0.39, 0.29) is 0 Å². The number of benzene rings is 2. The molecule has 2 heteroatoms. The lowest BCUT2D eigenvalue weighted by Gasteiger charge is -2.15. The van der Waals surface area contributed by atoms with Crippen LogP contribution < -0.4 is 5.32 Å². The molecule has 20 heavy (non-hydrogen) atoms. The van der Waals surface area contributed by atoms with Crippen molar-refractivity contribution in [1.82, 2.24) is 0 Å². The van der Waals surface area contributed by atoms with Crippen molar-refractivity contribution >= 4 is 5.69 Å². The van der Waals surface area contributed by atoms with Crippen LogP contribution in [0.3, 0.4) is 0 Å². The van der Waals surface area contributed by atoms with Crippen molar-refractivity contribution in [3.8, 4) is 5.75 Å². The highest BCUT2D eigenvalue weighted by atomic mass is 16.3. The number of hydrogen-bond donors (Lipinski definition) is 2. The maximum atomic E-state index is 9.98. The van der Waals surface area contributed by atoms with Crippen LogP contribution in [0.4, 0.5) is 5.69 Å². The van der Waals surface area contributed by atoms with E-state index in [4.69, 9.17) is 0 Å². The Hall–Kier alpha value is -1.96. The van der Waals surface area contributed by atoms with Crippen molar-refractivity contribution in [2.75, 3.05) is 5.32 Å². The standard InChI is InChI=1S/C18H23NO/c1-11-6-7-17(15(5)18(11)20)19-10-16-9-13(3)12(2)8-14(16)4/h6-9,19-20H,10H2,1-5H3. The molecular weight excluding hydrogens is 246 g/mol. The smallest absolute Gasteiger partial charge is 0.123 e. The van der Waals surface area contributed by atoms with Gasteiger partial charge in [-0.3, -0.25) is 0 Å². The molecule has 0 aliphatic heterocycles. The van der Waals surface area contributed by atoms with Crippen LogP contribution >= 0.6 is 0 Å². The first-order chi connectivity index (χ1) is 9.40. The van der Waals surface area contributed by atoms with E-state index in [2.05, 4.69) is 38.2 Å². The Kier molecular flexibility index (Phi) is 4.03. The number of nitrogens with one attached hydrogen (secondary N) is 1. The SMILES string of the molecule is Cc1cc(C)c(CNc2ccc(C)c(O)c2C)cc1C. The normalized spacial score (nSPS) is 10.7. The Morgan fingerprint density at radius 3 is 2.20 bits per heavy atom. The van der Waals surface area contributed by atoms with E-state index < -0.39 is 0 Å². The lowest BCUT2D eigenvalue weighted by Crippen LogP contribution is -2.04. The maximum absolute atomic E-state index is 9.98. The van der Waals surface area contributed by atoms with Gasteiger partial charge in [-0.1, -0.05) is 18.2 Å². The summed E-state index contributed by atoms with van der Waals surface area (Å²) < 4.78 is 0. The number of hydrogen-bond acceptors (Lipinski definition) is 2. The van der Waals surface area contributed by atoms with Gasteiger partial charge in [0.2, 0.25) is 0 Å². The topological polar surface area (TPSA) is 32.3 Å². The van der Waals surface area contributed by atoms with E-state index in [0.29, 0.717) is 5.75 Å². The van der Waals surface area contributed by atoms with E-state index in [9.17, 15) is 5.11 Å². The second-order valence-corrected chi connectivity index (χ2v) is 5.62. The lowest BCUT2D eigenvalue weighted by molar-refractivity contribution is 0.467. The average Bonchev–Trinajstić information content (AvgIpc) is 2.40. The Balaban J connectivity index is 2.21. The summed E-state index contributed by atoms with van der Waals surface area (Å²) in [6.07, 6.45) is 0. The monoisotopic (exact) mass is 269 g/mol. The molecule has 0 bridgehead atoms. The first kappa shape index (κ1) is 14.4. The zero-order valence-corrected chi connectivity index (χ0v) is 13.0. The van der Waals surface area contributed by atoms with Crippen LogP contribution in [-0.4, -0.2) is 5.11 Å². The fourth-order valence-corrected chi connectivity index (χ4v) is 2.43. The first-order valence-electron chi connectivity index (χ1n) is 7.00. The molecule has 0 aliphatic rings. The van der Waals surface area contributed by atoms with E-state index in [1.54, 1.807) is 0 Å². The highest BCUT2D eigenvalue weighted by molar-refractivity contribution is 5.59. The molecule has 0 saturated carbocycles. The summed E-state index contributed by atoms with van der Waals surface area (Å²) in [5, 5.41) is 13.4. The molecule has 0 atom stereocenters. The van der Waals surface area contributed by atoms with Gasteiger partial charge >= 0.3 is 0 Å². The minimum Gasteiger partial charge on any atom is -0.507 e. The third-order valence-electron chi connectivity index (χ3n) is 4.05. The van der Waals surface area contributed by atoms with Crippen LogP contribution in [0, 0.1) is 34.6 Å². The summed E-state index contributed by atoms with van der Waals surface area (Å²) in [5.74, 6) is 0.381. The average molecular weight is 269 g/mol. The second kappa shape index (κ2) is 5.58. The van der Waals surface area contributed by atoms with Crippen LogP contribution in [-0.2, 0) is 6.54 Å². The quantitative estimate of drug-likeness (QED) is 0.857. The molecule has 0 amide bonds. The van der Waals surface area contributed by atoms with E-state index in [0.717, 1.165) is 23.4 Å². The maximum Gasteiger partial charge on any atom is 0.123 e. The molecular formula is C18H23NO. The van der Waals surface area contributed by atoms with Gasteiger partial charge in [-0.2, -0.15) is 0 Å². The highest BCUT2D eigenvalue weighted by Crippen LogP contribution is 2.28. The molecule has 2 aromatic rings. The molecule has 106 valence electrons. The Morgan fingerprint density at radius 1 is 0.850 bits per heavy atom. The summed E-state index contributed by atoms with van der Waals surface area (Å²) in [6, 6.07) is 8.44. The molecule has 0 fully saturated rings. The largest absolute Gasteiger partial charge is 0.507 e. The van der Waals surface area contributed by atoms with Crippen LogP contribution in [0.2, 0.25) is 0 Å². The van der Waals surface area contributed by atoms with Crippen LogP contribution in [0.1, 0.15) is 33.4 Å². The molecule has 0 aromatic heterocycles. The van der Waals surface area contributed by atoms with Crippen LogP contribution in [0.15, 0.2) is 24.3 Å². The van der Waals surface area contributed by atoms with Crippen molar-refractivity contribution < 1.29 is 5.11 Å². The summed E-state index contributed by atoms with van der Waals surface area (Å²) in [7, 11) is 0. The molecule has 0 radical (unpaired) electrons. The molecule has 0 spiro atoms. The number of phenolic OH excluding ortho intramolecular Hbond substituents is 1. The molecule has 2 N–H and O–H groups in total. The molecule has 2 aromatic carbocycles. The number of anilines is 1. The fraction of sp³-hybridized carbons (Fsp3) is 0.333. The van der Waals surface area contributed by atoms with Gasteiger partial charge < -0.3 is 10.4 Å². The Morgan fingerprint density at radius 2 is 1.50 bits per heavy atom. The Labute approximate surface area is 121 Å². The third-order valence-corrected chi connectivity index (χ3v) is 4.05. The predicted octanol–water partition coefficient (Wildman–Crippen LogP) is 4.55. The van der Waals surface area contributed by atoms with Crippen LogP contribution in [0.25, 0.3) is 0 Å². The zero-order valence-electron chi connectivity index (χ0n) is 13.0. The van der Waals surface area contributed by atoms with E-state index in [1.807, 2.05) is 26.0 Å². The van der Waals surface area contributed by atoms with Gasteiger partial charge in [0.25, 0.3) is 0 Å². The molecule has 2 nitrogen and oxygen atoms in total. The zero-order chi connectivity index (χ0) is 14.9. The summed E-state index contributed by atoms with van der Waals surface area (Å²) in [6.45, 7) is 11.1. The first-order valence-corrected chi connectivity index (χ1v) is 7.00. The van der Waals surface area contributed by atoms with Crippen molar-refractivity contribution in [3.05, 3.63) is 57.6 Å². The minimum absolute atomic E-state index is 0.381. The van der Waals surface area contributed by atoms with Crippen molar-refractivity contribution in [3.63, 3.8) is 0 Å². The van der Waals surface area contributed by atoms with Crippen molar-refractivity contribution in [1.29, 1.82) is 0 Å². The second-order valence-electron chi connectivity index (χ2n) is 5.62. The van der Waals surface area contributed by atoms with Gasteiger partial charge in [0.15, 0.2) is 0 Å². The van der Waals surface area contributed by atoms with Gasteiger partial charge in [0.05, 0.1) is 0 Å². The van der Waals surface area contributed by atoms with Crippen molar-refractivity contribution in [2.45, 2.75) is 41.2 Å². The lowest BCUT2D eigenvalue weighted by atomic mass is 10.0. The number of phenols is 1. The molecule has 0 heterocycles. The van der Waals surface area contributed by atoms with Crippen molar-refractivity contribution in [2.24, 2.45) is 0 Å². The third kappa shape index (κ3) is 2.79. The molecule has 0 aliphatic carbocycles. The predicted molar refractivity (Wildman–Crippen MR) is 85.6 cm³/mol. The number of aromatic hydroxyl groups is 1. The number of rotatable bonds is 3. The fourth-order valence-electron chi connectivity index (χ4n) is 2.43. The number of aryl methyl sites for hydroxylation is 4. The molecule has 2 rings (SSSR count). The van der Waals surface area contributed by atoms with Gasteiger partial charge in [0.1, 0.15) is 5.75 Å². The van der Waals surface area contributed by atoms with Crippen LogP contribution in [0.5, 0.6) is 5.75 Å². The van der Waals surface area contributed by atoms with Gasteiger partial charge in [0, 0.05) is 17.8 Å². The Bertz CT molecular complexity index is 642. The highest BCUT2D eigenvalue weighted by Gasteiger charge is 2.07. The van der Waals surface area contributed by atoms with Gasteiger partial charge in [-0.25, -0.2) is 0 Å². The van der Waals surface area contributed by atoms with Gasteiger partial charge in [-0.05, 0) is 68.5 Å². The summed E-state index contributed by atoms with van der Waals surface area (Å²) >= 11 is 0.